The topological polar surface area (TPSA) is 54.2 Å². The number of halogens is 2. The number of para-hydroxylation sites is 1. The second-order valence-electron chi connectivity index (χ2n) is 5.71. The van der Waals surface area contributed by atoms with Gasteiger partial charge in [-0.15, -0.1) is 0 Å². The Morgan fingerprint density at radius 2 is 2.13 bits per heavy atom. The van der Waals surface area contributed by atoms with E-state index in [1.165, 1.54) is 16.6 Å². The summed E-state index contributed by atoms with van der Waals surface area (Å²) in [7, 11) is 0. The van der Waals surface area contributed by atoms with Crippen molar-refractivity contribution in [3.8, 4) is 0 Å². The maximum absolute atomic E-state index is 12.7. The fraction of sp³-hybridized carbons (Fsp3) is 0.500. The molecule has 1 aromatic carbocycles. The van der Waals surface area contributed by atoms with Crippen LogP contribution in [0.2, 0.25) is 0 Å². The number of fused-ring (bicyclic) bond motifs is 1. The van der Waals surface area contributed by atoms with E-state index in [0.717, 1.165) is 18.5 Å². The van der Waals surface area contributed by atoms with Gasteiger partial charge in [0.1, 0.15) is 18.7 Å². The molecule has 3 rings (SSSR count). The fourth-order valence-electron chi connectivity index (χ4n) is 3.19. The fourth-order valence-corrected chi connectivity index (χ4v) is 3.19. The minimum absolute atomic E-state index is 0.104. The molecule has 5 nitrogen and oxygen atoms in total. The molecule has 0 fully saturated rings. The molecule has 1 aromatic heterocycles. The van der Waals surface area contributed by atoms with Crippen molar-refractivity contribution in [3.63, 3.8) is 0 Å². The zero-order valence-corrected chi connectivity index (χ0v) is 12.8. The van der Waals surface area contributed by atoms with Crippen LogP contribution in [0.3, 0.4) is 0 Å². The summed E-state index contributed by atoms with van der Waals surface area (Å²) in [6, 6.07) is 8.26. The number of aromatic nitrogens is 3. The molecule has 0 radical (unpaired) electrons. The number of hydrogen-bond acceptors (Lipinski definition) is 4. The van der Waals surface area contributed by atoms with Crippen molar-refractivity contribution in [2.24, 2.45) is 0 Å². The van der Waals surface area contributed by atoms with Gasteiger partial charge in [-0.05, 0) is 30.9 Å². The smallest absolute Gasteiger partial charge is 0.257 e. The van der Waals surface area contributed by atoms with Crippen molar-refractivity contribution in [2.45, 2.75) is 44.8 Å². The van der Waals surface area contributed by atoms with E-state index in [2.05, 4.69) is 21.0 Å². The highest BCUT2D eigenvalue weighted by Gasteiger charge is 2.27. The monoisotopic (exact) mass is 322 g/mol. The lowest BCUT2D eigenvalue weighted by Gasteiger charge is -2.38. The van der Waals surface area contributed by atoms with Gasteiger partial charge < -0.3 is 10.0 Å². The van der Waals surface area contributed by atoms with E-state index >= 15 is 0 Å². The lowest BCUT2D eigenvalue weighted by Crippen LogP contribution is -2.40. The van der Waals surface area contributed by atoms with Gasteiger partial charge in [-0.3, -0.25) is 0 Å². The Labute approximate surface area is 133 Å². The number of aliphatic hydroxyl groups excluding tert-OH is 1. The molecule has 0 bridgehead atoms. The third kappa shape index (κ3) is 3.50. The van der Waals surface area contributed by atoms with E-state index in [-0.39, 0.29) is 12.6 Å². The molecule has 2 heterocycles. The van der Waals surface area contributed by atoms with E-state index in [1.54, 1.807) is 0 Å². The van der Waals surface area contributed by atoms with Gasteiger partial charge in [0.25, 0.3) is 6.43 Å². The number of hydrogen-bond donors (Lipinski definition) is 1. The van der Waals surface area contributed by atoms with E-state index in [1.807, 2.05) is 18.2 Å². The molecule has 7 heteroatoms. The molecule has 1 unspecified atom stereocenters. The molecule has 23 heavy (non-hydrogen) atoms. The summed E-state index contributed by atoms with van der Waals surface area (Å²) in [6.07, 6.45) is 1.39. The summed E-state index contributed by atoms with van der Waals surface area (Å²) >= 11 is 0. The SMILES string of the molecule is OCCC1CCc2ccccc2N1Cc1ncnn1CC(F)F. The summed E-state index contributed by atoms with van der Waals surface area (Å²) in [5.74, 6) is 0.518. The third-order valence-corrected chi connectivity index (χ3v) is 4.27. The number of nitrogens with zero attached hydrogens (tertiary/aromatic N) is 4. The number of alkyl halides is 2. The lowest BCUT2D eigenvalue weighted by molar-refractivity contribution is 0.120. The quantitative estimate of drug-likeness (QED) is 0.886. The summed E-state index contributed by atoms with van der Waals surface area (Å²) in [4.78, 5) is 6.30. The Kier molecular flexibility index (Phi) is 4.85. The molecule has 0 amide bonds. The number of aryl methyl sites for hydroxylation is 1. The largest absolute Gasteiger partial charge is 0.396 e. The van der Waals surface area contributed by atoms with Gasteiger partial charge >= 0.3 is 0 Å². The second-order valence-corrected chi connectivity index (χ2v) is 5.71. The average Bonchev–Trinajstić information content (AvgIpc) is 2.96. The van der Waals surface area contributed by atoms with Gasteiger partial charge in [-0.1, -0.05) is 18.2 Å². The normalized spacial score (nSPS) is 17.6. The molecule has 0 saturated carbocycles. The third-order valence-electron chi connectivity index (χ3n) is 4.27. The molecule has 2 aromatic rings. The van der Waals surface area contributed by atoms with Crippen LogP contribution in [0.15, 0.2) is 30.6 Å². The number of benzene rings is 1. The van der Waals surface area contributed by atoms with Crippen molar-refractivity contribution < 1.29 is 13.9 Å². The van der Waals surface area contributed by atoms with Crippen molar-refractivity contribution in [3.05, 3.63) is 42.0 Å². The predicted molar refractivity (Wildman–Crippen MR) is 82.5 cm³/mol. The predicted octanol–water partition coefficient (Wildman–Crippen LogP) is 2.25. The van der Waals surface area contributed by atoms with Crippen molar-refractivity contribution in [1.29, 1.82) is 0 Å². The Bertz CT molecular complexity index is 647. The summed E-state index contributed by atoms with van der Waals surface area (Å²) in [5.41, 5.74) is 2.32. The van der Waals surface area contributed by atoms with Crippen molar-refractivity contribution in [2.75, 3.05) is 11.5 Å². The first-order chi connectivity index (χ1) is 11.2. The van der Waals surface area contributed by atoms with E-state index in [9.17, 15) is 13.9 Å². The number of aliphatic hydroxyl groups is 1. The van der Waals surface area contributed by atoms with Crippen LogP contribution in [0.1, 0.15) is 24.2 Å². The van der Waals surface area contributed by atoms with Gasteiger partial charge in [-0.25, -0.2) is 18.4 Å². The summed E-state index contributed by atoms with van der Waals surface area (Å²) in [6.45, 7) is 0.0664. The molecular weight excluding hydrogens is 302 g/mol. The van der Waals surface area contributed by atoms with Crippen LogP contribution in [-0.4, -0.2) is 38.9 Å². The van der Waals surface area contributed by atoms with Crippen LogP contribution in [0.5, 0.6) is 0 Å². The molecule has 124 valence electrons. The maximum Gasteiger partial charge on any atom is 0.257 e. The highest BCUT2D eigenvalue weighted by molar-refractivity contribution is 5.56. The molecule has 0 aliphatic carbocycles. The molecule has 1 N–H and O–H groups in total. The molecular formula is C16H20F2N4O. The number of rotatable bonds is 6. The Balaban J connectivity index is 1.88. The van der Waals surface area contributed by atoms with Crippen LogP contribution in [-0.2, 0) is 19.5 Å². The van der Waals surface area contributed by atoms with Crippen LogP contribution in [0, 0.1) is 0 Å². The van der Waals surface area contributed by atoms with E-state index in [4.69, 9.17) is 0 Å². The Morgan fingerprint density at radius 3 is 2.91 bits per heavy atom. The minimum atomic E-state index is -2.46. The van der Waals surface area contributed by atoms with Gasteiger partial charge in [0.2, 0.25) is 0 Å². The van der Waals surface area contributed by atoms with Gasteiger partial charge in [0.05, 0.1) is 6.54 Å². The maximum atomic E-state index is 12.7. The molecule has 1 aliphatic heterocycles. The van der Waals surface area contributed by atoms with Crippen LogP contribution < -0.4 is 4.90 Å². The molecule has 0 spiro atoms. The van der Waals surface area contributed by atoms with Gasteiger partial charge in [0, 0.05) is 18.3 Å². The van der Waals surface area contributed by atoms with Crippen LogP contribution >= 0.6 is 0 Å². The standard InChI is InChI=1S/C16H20F2N4O/c17-15(18)9-22-16(19-11-20-22)10-21-13(7-8-23)6-5-12-3-1-2-4-14(12)21/h1-4,11,13,15,23H,5-10H2. The van der Waals surface area contributed by atoms with Gasteiger partial charge in [-0.2, -0.15) is 5.10 Å². The average molecular weight is 322 g/mol. The second kappa shape index (κ2) is 7.04. The number of anilines is 1. The van der Waals surface area contributed by atoms with Crippen LogP contribution in [0.25, 0.3) is 0 Å². The van der Waals surface area contributed by atoms with E-state index in [0.29, 0.717) is 18.8 Å². The Morgan fingerprint density at radius 1 is 1.30 bits per heavy atom. The zero-order chi connectivity index (χ0) is 16.2. The first-order valence-corrected chi connectivity index (χ1v) is 7.79. The zero-order valence-electron chi connectivity index (χ0n) is 12.8. The minimum Gasteiger partial charge on any atom is -0.396 e. The molecule has 1 aliphatic rings. The molecule has 1 atom stereocenters. The highest BCUT2D eigenvalue weighted by Crippen LogP contribution is 2.32. The highest BCUT2D eigenvalue weighted by atomic mass is 19.3. The summed E-state index contributed by atoms with van der Waals surface area (Å²) < 4.78 is 26.6. The van der Waals surface area contributed by atoms with Crippen LogP contribution in [0.4, 0.5) is 14.5 Å². The summed E-state index contributed by atoms with van der Waals surface area (Å²) in [5, 5.41) is 13.2. The first kappa shape index (κ1) is 15.9. The Hall–Kier alpha value is -2.02. The van der Waals surface area contributed by atoms with Crippen molar-refractivity contribution in [1.82, 2.24) is 14.8 Å². The first-order valence-electron chi connectivity index (χ1n) is 7.79. The lowest BCUT2D eigenvalue weighted by atomic mass is 9.94. The van der Waals surface area contributed by atoms with E-state index < -0.39 is 13.0 Å². The van der Waals surface area contributed by atoms with Gasteiger partial charge in [0.15, 0.2) is 0 Å². The molecule has 0 saturated heterocycles. The van der Waals surface area contributed by atoms with Crippen molar-refractivity contribution >= 4 is 5.69 Å².